The lowest BCUT2D eigenvalue weighted by Crippen LogP contribution is -2.30. The molecule has 0 aliphatic rings. The molecule has 86 heavy (non-hydrogen) atoms. The smallest absolute Gasteiger partial charge is 0.462 e. The Kier molecular flexibility index (Phi) is 55.7. The lowest BCUT2D eigenvalue weighted by Gasteiger charge is -2.21. The van der Waals surface area contributed by atoms with E-state index in [0.29, 0.717) is 43.4 Å². The minimum Gasteiger partial charge on any atom is -0.462 e. The van der Waals surface area contributed by atoms with Crippen LogP contribution in [0.15, 0.2) is 0 Å². The highest BCUT2D eigenvalue weighted by Crippen LogP contribution is 2.45. The molecule has 0 fully saturated rings. The number of phosphoric ester groups is 2. The fraction of sp³-hybridized carbons (Fsp3) is 0.940. The molecule has 0 aliphatic heterocycles. The Morgan fingerprint density at radius 2 is 0.558 bits per heavy atom. The molecule has 0 spiro atoms. The highest BCUT2D eigenvalue weighted by Gasteiger charge is 2.30. The molecule has 0 rings (SSSR count). The van der Waals surface area contributed by atoms with Crippen LogP contribution < -0.4 is 0 Å². The predicted octanol–water partition coefficient (Wildman–Crippen LogP) is 18.5. The van der Waals surface area contributed by atoms with E-state index < -0.39 is 97.5 Å². The molecule has 0 amide bonds. The summed E-state index contributed by atoms with van der Waals surface area (Å²) in [5.74, 6) is 0.759. The van der Waals surface area contributed by atoms with Crippen LogP contribution in [0.25, 0.3) is 0 Å². The quantitative estimate of drug-likeness (QED) is 0.0222. The van der Waals surface area contributed by atoms with Crippen molar-refractivity contribution in [1.29, 1.82) is 0 Å². The number of phosphoric acid groups is 2. The van der Waals surface area contributed by atoms with Gasteiger partial charge in [0.05, 0.1) is 26.4 Å². The number of carbonyl (C=O) groups excluding carboxylic acids is 4. The van der Waals surface area contributed by atoms with Gasteiger partial charge in [-0.25, -0.2) is 9.13 Å². The third kappa shape index (κ3) is 59.7. The lowest BCUT2D eigenvalue weighted by atomic mass is 9.99. The van der Waals surface area contributed by atoms with Crippen molar-refractivity contribution in [2.24, 2.45) is 23.7 Å². The molecule has 17 nitrogen and oxygen atoms in total. The highest BCUT2D eigenvalue weighted by molar-refractivity contribution is 7.47. The summed E-state index contributed by atoms with van der Waals surface area (Å²) >= 11 is 0. The van der Waals surface area contributed by atoms with Gasteiger partial charge in [-0.3, -0.25) is 37.3 Å². The van der Waals surface area contributed by atoms with E-state index in [1.165, 1.54) is 116 Å². The van der Waals surface area contributed by atoms with Gasteiger partial charge >= 0.3 is 39.5 Å². The number of hydrogen-bond donors (Lipinski definition) is 3. The Hall–Kier alpha value is -1.94. The fourth-order valence-corrected chi connectivity index (χ4v) is 11.5. The fourth-order valence-electron chi connectivity index (χ4n) is 9.93. The molecule has 0 saturated heterocycles. The van der Waals surface area contributed by atoms with Crippen LogP contribution in [-0.2, 0) is 65.4 Å². The van der Waals surface area contributed by atoms with E-state index >= 15 is 0 Å². The van der Waals surface area contributed by atoms with Crippen molar-refractivity contribution in [2.45, 2.75) is 343 Å². The number of carbonyl (C=O) groups is 4. The molecule has 0 radical (unpaired) electrons. The van der Waals surface area contributed by atoms with Gasteiger partial charge in [-0.15, -0.1) is 0 Å². The topological polar surface area (TPSA) is 237 Å². The van der Waals surface area contributed by atoms with Gasteiger partial charge in [0.15, 0.2) is 12.2 Å². The average molecular weight is 1270 g/mol. The van der Waals surface area contributed by atoms with Crippen LogP contribution in [0.4, 0.5) is 0 Å². The second-order valence-corrected chi connectivity index (χ2v) is 28.8. The molecule has 0 aromatic carbocycles. The van der Waals surface area contributed by atoms with Crippen LogP contribution in [-0.4, -0.2) is 96.7 Å². The van der Waals surface area contributed by atoms with Crippen LogP contribution in [0.1, 0.15) is 325 Å². The van der Waals surface area contributed by atoms with Gasteiger partial charge in [0.2, 0.25) is 0 Å². The van der Waals surface area contributed by atoms with Crippen molar-refractivity contribution < 1.29 is 80.2 Å². The van der Waals surface area contributed by atoms with Gasteiger partial charge in [0.1, 0.15) is 19.3 Å². The van der Waals surface area contributed by atoms with E-state index in [1.54, 1.807) is 0 Å². The normalized spacial score (nSPS) is 14.7. The molecule has 0 heterocycles. The van der Waals surface area contributed by atoms with Gasteiger partial charge < -0.3 is 33.8 Å². The Bertz CT molecular complexity index is 1720. The maximum atomic E-state index is 13.0. The molecule has 0 aromatic heterocycles. The number of rotatable bonds is 64. The van der Waals surface area contributed by atoms with Crippen molar-refractivity contribution in [3.05, 3.63) is 0 Å². The molecular formula is C67H130O17P2. The largest absolute Gasteiger partial charge is 0.472 e. The van der Waals surface area contributed by atoms with Crippen LogP contribution >= 0.6 is 15.6 Å². The zero-order valence-corrected chi connectivity index (χ0v) is 57.7. The summed E-state index contributed by atoms with van der Waals surface area (Å²) in [4.78, 5) is 72.3. The first-order chi connectivity index (χ1) is 41.1. The monoisotopic (exact) mass is 1270 g/mol. The number of unbranched alkanes of at least 4 members (excludes halogenated alkanes) is 29. The standard InChI is InChI=1S/C67H130O17P2/c1-9-60(8)46-38-30-20-16-14-12-10-11-13-15-17-21-33-41-49-66(71)83-62(53-77-64(69)47-39-31-22-18-19-27-35-43-57(2)3)55-81-85(73,74)79-51-61(68)52-80-86(75,76)82-56-63(84-67(72)50-42-34-26-24-29-37-45-59(6)7)54-78-65(70)48-40-32-25-23-28-36-44-58(4)5/h57-63,68H,9-56H2,1-8H3,(H,73,74)(H,75,76)/t60?,61?,62-,63-/m1/s1. The summed E-state index contributed by atoms with van der Waals surface area (Å²) in [6, 6.07) is 0. The van der Waals surface area contributed by atoms with E-state index in [-0.39, 0.29) is 25.7 Å². The maximum Gasteiger partial charge on any atom is 0.472 e. The van der Waals surface area contributed by atoms with Gasteiger partial charge in [-0.2, -0.15) is 0 Å². The van der Waals surface area contributed by atoms with Gasteiger partial charge in [-0.05, 0) is 49.4 Å². The number of aliphatic hydroxyl groups is 1. The third-order valence-electron chi connectivity index (χ3n) is 15.7. The Morgan fingerprint density at radius 3 is 0.826 bits per heavy atom. The van der Waals surface area contributed by atoms with Crippen molar-refractivity contribution in [3.8, 4) is 0 Å². The lowest BCUT2D eigenvalue weighted by molar-refractivity contribution is -0.161. The molecule has 0 aromatic rings. The summed E-state index contributed by atoms with van der Waals surface area (Å²) in [7, 11) is -9.89. The first-order valence-electron chi connectivity index (χ1n) is 34.7. The summed E-state index contributed by atoms with van der Waals surface area (Å²) in [5.41, 5.74) is 0. The van der Waals surface area contributed by atoms with Gasteiger partial charge in [-0.1, -0.05) is 274 Å². The highest BCUT2D eigenvalue weighted by atomic mass is 31.2. The van der Waals surface area contributed by atoms with Crippen molar-refractivity contribution in [3.63, 3.8) is 0 Å². The van der Waals surface area contributed by atoms with Gasteiger partial charge in [0, 0.05) is 25.7 Å². The SMILES string of the molecule is CCC(C)CCCCCCCCCCCCCCCCC(=O)O[C@H](COC(=O)CCCCCCCCCC(C)C)COP(=O)(O)OCC(O)COP(=O)(O)OC[C@@H](COC(=O)CCCCCCCCC(C)C)OC(=O)CCCCCCCCC(C)C. The zero-order valence-electron chi connectivity index (χ0n) is 55.9. The molecule has 19 heteroatoms. The first kappa shape index (κ1) is 84.1. The molecule has 6 atom stereocenters. The Labute approximate surface area is 524 Å². The second-order valence-electron chi connectivity index (χ2n) is 25.9. The summed E-state index contributed by atoms with van der Waals surface area (Å²) in [5, 5.41) is 10.5. The molecule has 0 bridgehead atoms. The van der Waals surface area contributed by atoms with Crippen LogP contribution in [0.2, 0.25) is 0 Å². The molecule has 510 valence electrons. The predicted molar refractivity (Wildman–Crippen MR) is 344 cm³/mol. The summed E-state index contributed by atoms with van der Waals surface area (Å²) in [6.07, 6.45) is 38.0. The van der Waals surface area contributed by atoms with E-state index in [9.17, 15) is 43.2 Å². The Morgan fingerprint density at radius 1 is 0.326 bits per heavy atom. The number of aliphatic hydroxyl groups excluding tert-OH is 1. The molecule has 0 saturated carbocycles. The molecule has 3 N–H and O–H groups in total. The number of ether oxygens (including phenoxy) is 4. The molecule has 0 aliphatic carbocycles. The number of hydrogen-bond acceptors (Lipinski definition) is 15. The van der Waals surface area contributed by atoms with Gasteiger partial charge in [0.25, 0.3) is 0 Å². The average Bonchev–Trinajstić information content (AvgIpc) is 3.68. The second kappa shape index (κ2) is 57.0. The minimum absolute atomic E-state index is 0.100. The van der Waals surface area contributed by atoms with Crippen LogP contribution in [0.3, 0.4) is 0 Å². The van der Waals surface area contributed by atoms with E-state index in [2.05, 4.69) is 55.4 Å². The van der Waals surface area contributed by atoms with E-state index in [0.717, 1.165) is 109 Å². The van der Waals surface area contributed by atoms with E-state index in [1.807, 2.05) is 0 Å². The molecular weight excluding hydrogens is 1140 g/mol. The third-order valence-corrected chi connectivity index (χ3v) is 17.6. The van der Waals surface area contributed by atoms with Crippen LogP contribution in [0, 0.1) is 23.7 Å². The van der Waals surface area contributed by atoms with Crippen LogP contribution in [0.5, 0.6) is 0 Å². The number of esters is 4. The first-order valence-corrected chi connectivity index (χ1v) is 37.7. The van der Waals surface area contributed by atoms with Crippen molar-refractivity contribution >= 4 is 39.5 Å². The van der Waals surface area contributed by atoms with Crippen molar-refractivity contribution in [1.82, 2.24) is 0 Å². The minimum atomic E-state index is -4.95. The zero-order chi connectivity index (χ0) is 63.9. The maximum absolute atomic E-state index is 13.0. The van der Waals surface area contributed by atoms with Crippen molar-refractivity contribution in [2.75, 3.05) is 39.6 Å². The summed E-state index contributed by atoms with van der Waals surface area (Å²) < 4.78 is 68.0. The van der Waals surface area contributed by atoms with E-state index in [4.69, 9.17) is 37.0 Å². The summed E-state index contributed by atoms with van der Waals surface area (Å²) in [6.45, 7) is 13.9. The Balaban J connectivity index is 5.19. The molecule has 4 unspecified atom stereocenters.